The van der Waals surface area contributed by atoms with Gasteiger partial charge in [-0.25, -0.2) is 0 Å². The number of aryl methyl sites for hydroxylation is 1. The van der Waals surface area contributed by atoms with Crippen molar-refractivity contribution in [1.82, 2.24) is 30.1 Å². The summed E-state index contributed by atoms with van der Waals surface area (Å²) in [6, 6.07) is 6.78. The molecule has 34 heavy (non-hydrogen) atoms. The van der Waals surface area contributed by atoms with Gasteiger partial charge in [-0.2, -0.15) is 9.79 Å². The molecule has 0 atom stereocenters. The molecule has 0 unspecified atom stereocenters. The lowest BCUT2D eigenvalue weighted by Gasteiger charge is -2.17. The predicted octanol–water partition coefficient (Wildman–Crippen LogP) is 1.95. The van der Waals surface area contributed by atoms with Crippen LogP contribution in [0.5, 0.6) is 5.75 Å². The van der Waals surface area contributed by atoms with Crippen LogP contribution in [0.4, 0.5) is 11.4 Å². The minimum Gasteiger partial charge on any atom is -0.494 e. The molecule has 0 aliphatic heterocycles. The van der Waals surface area contributed by atoms with Gasteiger partial charge in [0, 0.05) is 29.3 Å². The van der Waals surface area contributed by atoms with Crippen LogP contribution in [-0.4, -0.2) is 56.9 Å². The normalized spacial score (nSPS) is 15.3. The molecule has 0 bridgehead atoms. The molecule has 3 aromatic rings. The van der Waals surface area contributed by atoms with E-state index in [9.17, 15) is 9.59 Å². The van der Waals surface area contributed by atoms with Crippen molar-refractivity contribution in [3.8, 4) is 17.1 Å². The summed E-state index contributed by atoms with van der Waals surface area (Å²) >= 11 is 1.46. The first-order valence-electron chi connectivity index (χ1n) is 11.9. The highest BCUT2D eigenvalue weighted by Gasteiger charge is 2.29. The van der Waals surface area contributed by atoms with Crippen molar-refractivity contribution in [1.29, 1.82) is 0 Å². The van der Waals surface area contributed by atoms with E-state index in [2.05, 4.69) is 25.7 Å². The lowest BCUT2D eigenvalue weighted by molar-refractivity contribution is -0.119. The Morgan fingerprint density at radius 2 is 2.18 bits per heavy atom. The van der Waals surface area contributed by atoms with E-state index in [1.165, 1.54) is 29.9 Å². The minimum absolute atomic E-state index is 0.0491. The molecule has 2 heterocycles. The lowest BCUT2D eigenvalue weighted by atomic mass is 10.1. The second-order valence-corrected chi connectivity index (χ2v) is 8.47. The number of tetrazole rings is 1. The lowest BCUT2D eigenvalue weighted by Crippen LogP contribution is -2.27. The molecule has 12 heteroatoms. The summed E-state index contributed by atoms with van der Waals surface area (Å²) in [4.78, 5) is 31.2. The molecular formula is C22H26N8O3S. The first-order valence-corrected chi connectivity index (χ1v) is 11.8. The van der Waals surface area contributed by atoms with E-state index in [1.807, 2.05) is 11.6 Å². The number of aromatic nitrogens is 5. The third-order valence-corrected chi connectivity index (χ3v) is 5.69. The molecule has 11 nitrogen and oxygen atoms in total. The number of rotatable bonds is 8. The molecule has 1 fully saturated rings. The van der Waals surface area contributed by atoms with Crippen molar-refractivity contribution in [3.63, 3.8) is 0 Å². The van der Waals surface area contributed by atoms with Crippen molar-refractivity contribution >= 4 is 35.0 Å². The average Bonchev–Trinajstić information content (AvgIpc) is 3.60. The molecule has 2 amide bonds. The Morgan fingerprint density at radius 3 is 2.82 bits per heavy atom. The largest absolute Gasteiger partial charge is 0.494 e. The standard InChI is InChI=1S/C22H26N8O3S/c1-23-22(32)15-11-30(12-34-4)18(25-21(31)13-8-9-13)10-17(15)24-16-7-5-6-14(19(16)33-3)20-26-28-29(2)27-20/h5-7,10-11,13,24H,8-9,12H2,1-4H3,(H,23,32)/i1D3. The molecule has 178 valence electrons. The molecule has 2 N–H and O–H groups in total. The fourth-order valence-electron chi connectivity index (χ4n) is 3.37. The van der Waals surface area contributed by atoms with Crippen molar-refractivity contribution in [2.75, 3.05) is 25.7 Å². The van der Waals surface area contributed by atoms with Gasteiger partial charge in [-0.05, 0) is 36.4 Å². The van der Waals surface area contributed by atoms with Gasteiger partial charge in [0.05, 0.1) is 42.5 Å². The maximum absolute atomic E-state index is 13.0. The number of hydrogen-bond donors (Lipinski definition) is 2. The SMILES string of the molecule is [2H]C([2H])([2H])NC(=O)c1cn(CSC)c(=NC(=O)C2CC2)cc1Nc1cccc(-c2nnn(C)n2)c1OC. The summed E-state index contributed by atoms with van der Waals surface area (Å²) in [5.41, 5.74) is 1.63. The topological polar surface area (TPSA) is 128 Å². The highest BCUT2D eigenvalue weighted by Crippen LogP contribution is 2.36. The fraction of sp³-hybridized carbons (Fsp3) is 0.364. The summed E-state index contributed by atoms with van der Waals surface area (Å²) in [5.74, 6) is -0.0284. The van der Waals surface area contributed by atoms with Crippen LogP contribution >= 0.6 is 11.8 Å². The van der Waals surface area contributed by atoms with Gasteiger partial charge in [-0.15, -0.1) is 22.0 Å². The zero-order chi connectivity index (χ0) is 26.7. The fourth-order valence-corrected chi connectivity index (χ4v) is 3.86. The molecule has 2 aromatic heterocycles. The third kappa shape index (κ3) is 4.96. The van der Waals surface area contributed by atoms with Gasteiger partial charge in [-0.3, -0.25) is 9.59 Å². The van der Waals surface area contributed by atoms with Crippen molar-refractivity contribution in [3.05, 3.63) is 41.5 Å². The van der Waals surface area contributed by atoms with Crippen LogP contribution in [0.2, 0.25) is 0 Å². The maximum Gasteiger partial charge on any atom is 0.254 e. The number of carbonyl (C=O) groups excluding carboxylic acids is 2. The van der Waals surface area contributed by atoms with Crippen LogP contribution in [0.1, 0.15) is 27.3 Å². The number of amides is 2. The van der Waals surface area contributed by atoms with E-state index in [1.54, 1.807) is 35.9 Å². The Labute approximate surface area is 204 Å². The van der Waals surface area contributed by atoms with E-state index in [4.69, 9.17) is 8.85 Å². The van der Waals surface area contributed by atoms with E-state index < -0.39 is 12.9 Å². The number of nitrogens with zero attached hydrogens (tertiary/aromatic N) is 6. The van der Waals surface area contributed by atoms with Gasteiger partial charge < -0.3 is 19.9 Å². The molecule has 1 aliphatic rings. The zero-order valence-corrected chi connectivity index (χ0v) is 19.7. The first-order chi connectivity index (χ1) is 17.6. The van der Waals surface area contributed by atoms with Crippen LogP contribution in [0.15, 0.2) is 35.5 Å². The number of thioether (sulfide) groups is 1. The zero-order valence-electron chi connectivity index (χ0n) is 21.9. The van der Waals surface area contributed by atoms with Crippen molar-refractivity contribution in [2.24, 2.45) is 18.0 Å². The third-order valence-electron chi connectivity index (χ3n) is 5.16. The number of para-hydroxylation sites is 1. The summed E-state index contributed by atoms with van der Waals surface area (Å²) < 4.78 is 29.7. The number of nitrogens with one attached hydrogen (secondary N) is 2. The second kappa shape index (κ2) is 10.1. The molecule has 1 aliphatic carbocycles. The number of hydrogen-bond acceptors (Lipinski definition) is 8. The Hall–Kier alpha value is -3.67. The van der Waals surface area contributed by atoms with Crippen LogP contribution in [0.3, 0.4) is 0 Å². The Kier molecular flexibility index (Phi) is 5.86. The summed E-state index contributed by atoms with van der Waals surface area (Å²) in [6.45, 7) is -2.70. The van der Waals surface area contributed by atoms with Gasteiger partial charge in [0.25, 0.3) is 11.8 Å². The van der Waals surface area contributed by atoms with Gasteiger partial charge in [0.15, 0.2) is 5.75 Å². The first kappa shape index (κ1) is 19.8. The molecular weight excluding hydrogens is 456 g/mol. The number of carbonyl (C=O) groups is 2. The summed E-state index contributed by atoms with van der Waals surface area (Å²) in [6.07, 6.45) is 4.95. The van der Waals surface area contributed by atoms with Crippen LogP contribution in [0.25, 0.3) is 11.4 Å². The van der Waals surface area contributed by atoms with Gasteiger partial charge in [0.1, 0.15) is 5.49 Å². The van der Waals surface area contributed by atoms with E-state index in [0.29, 0.717) is 34.2 Å². The molecule has 4 rings (SSSR count). The highest BCUT2D eigenvalue weighted by atomic mass is 32.2. The van der Waals surface area contributed by atoms with Crippen LogP contribution in [-0.2, 0) is 17.7 Å². The smallest absolute Gasteiger partial charge is 0.254 e. The van der Waals surface area contributed by atoms with Gasteiger partial charge in [-0.1, -0.05) is 6.07 Å². The van der Waals surface area contributed by atoms with E-state index in [0.717, 1.165) is 12.8 Å². The number of methoxy groups -OCH3 is 1. The maximum atomic E-state index is 13.0. The quantitative estimate of drug-likeness (QED) is 0.495. The molecule has 0 saturated heterocycles. The minimum atomic E-state index is -2.70. The Bertz CT molecular complexity index is 1400. The average molecular weight is 486 g/mol. The summed E-state index contributed by atoms with van der Waals surface area (Å²) in [5, 5.41) is 17.3. The van der Waals surface area contributed by atoms with Gasteiger partial charge in [0.2, 0.25) is 5.82 Å². The van der Waals surface area contributed by atoms with Crippen LogP contribution in [0, 0.1) is 5.92 Å². The van der Waals surface area contributed by atoms with Gasteiger partial charge >= 0.3 is 0 Å². The molecule has 1 aromatic carbocycles. The molecule has 0 spiro atoms. The predicted molar refractivity (Wildman–Crippen MR) is 129 cm³/mol. The highest BCUT2D eigenvalue weighted by molar-refractivity contribution is 7.97. The number of pyridine rings is 1. The van der Waals surface area contributed by atoms with E-state index >= 15 is 0 Å². The number of ether oxygens (including phenoxy) is 1. The van der Waals surface area contributed by atoms with Crippen molar-refractivity contribution in [2.45, 2.75) is 18.7 Å². The van der Waals surface area contributed by atoms with Crippen LogP contribution < -0.4 is 20.9 Å². The monoisotopic (exact) mass is 485 g/mol. The number of benzene rings is 1. The molecule has 1 saturated carbocycles. The number of anilines is 2. The Balaban J connectivity index is 1.85. The van der Waals surface area contributed by atoms with Crippen molar-refractivity contribution < 1.29 is 18.4 Å². The van der Waals surface area contributed by atoms with E-state index in [-0.39, 0.29) is 23.1 Å². The summed E-state index contributed by atoms with van der Waals surface area (Å²) in [7, 11) is 3.12. The molecule has 0 radical (unpaired) electrons. The second-order valence-electron chi connectivity index (χ2n) is 7.64. The Morgan fingerprint density at radius 1 is 1.35 bits per heavy atom.